The van der Waals surface area contributed by atoms with Crippen molar-refractivity contribution in [2.75, 3.05) is 26.4 Å². The molecule has 0 spiro atoms. The summed E-state index contributed by atoms with van der Waals surface area (Å²) in [5.41, 5.74) is -0.255. The van der Waals surface area contributed by atoms with Gasteiger partial charge in [-0.3, -0.25) is 0 Å². The minimum absolute atomic E-state index is 0.255. The van der Waals surface area contributed by atoms with Gasteiger partial charge in [-0.05, 0) is 0 Å². The van der Waals surface area contributed by atoms with Crippen molar-refractivity contribution >= 4 is 21.6 Å². The van der Waals surface area contributed by atoms with Gasteiger partial charge in [0.2, 0.25) is 0 Å². The van der Waals surface area contributed by atoms with Gasteiger partial charge in [0, 0.05) is 0 Å². The molecule has 0 amide bonds. The molecule has 3 saturated heterocycles. The summed E-state index contributed by atoms with van der Waals surface area (Å²) in [6.45, 7) is 3.51. The molecule has 0 aromatic heterocycles. The Hall–Kier alpha value is -0.0916. The van der Waals surface area contributed by atoms with Gasteiger partial charge in [-0.1, -0.05) is 0 Å². The van der Waals surface area contributed by atoms with Gasteiger partial charge in [-0.2, -0.15) is 0 Å². The van der Waals surface area contributed by atoms with Crippen molar-refractivity contribution < 1.29 is 20.7 Å². The van der Waals surface area contributed by atoms with Crippen LogP contribution in [0.4, 0.5) is 0 Å². The summed E-state index contributed by atoms with van der Waals surface area (Å²) in [5, 5.41) is 0. The Morgan fingerprint density at radius 1 is 1.38 bits per heavy atom. The SMILES string of the molecule is CC(=O)OCC12CO[As](OC1)OC2. The third-order valence-corrected chi connectivity index (χ3v) is 4.15. The van der Waals surface area contributed by atoms with Gasteiger partial charge >= 0.3 is 81.1 Å². The summed E-state index contributed by atoms with van der Waals surface area (Å²) >= 11 is -1.84. The van der Waals surface area contributed by atoms with E-state index in [-0.39, 0.29) is 11.4 Å². The Morgan fingerprint density at radius 2 is 1.92 bits per heavy atom. The van der Waals surface area contributed by atoms with Crippen molar-refractivity contribution in [3.8, 4) is 0 Å². The molecule has 3 aliphatic heterocycles. The molecular formula is C7H11AsO5. The summed E-state index contributed by atoms with van der Waals surface area (Å²) in [4.78, 5) is 10.6. The first-order valence-electron chi connectivity index (χ1n) is 4.02. The fraction of sp³-hybridized carbons (Fsp3) is 0.857. The zero-order valence-corrected chi connectivity index (χ0v) is 9.19. The minimum atomic E-state index is -1.84. The van der Waals surface area contributed by atoms with Crippen LogP contribution in [-0.2, 0) is 20.7 Å². The second-order valence-electron chi connectivity index (χ2n) is 3.32. The van der Waals surface area contributed by atoms with Crippen LogP contribution >= 0.6 is 0 Å². The molecular weight excluding hydrogens is 239 g/mol. The fourth-order valence-electron chi connectivity index (χ4n) is 1.19. The van der Waals surface area contributed by atoms with E-state index in [1.165, 1.54) is 6.92 Å². The monoisotopic (exact) mass is 250 g/mol. The Balaban J connectivity index is 1.91. The van der Waals surface area contributed by atoms with Gasteiger partial charge in [-0.15, -0.1) is 0 Å². The van der Waals surface area contributed by atoms with Gasteiger partial charge in [0.25, 0.3) is 0 Å². The second-order valence-corrected chi connectivity index (χ2v) is 5.89. The molecule has 0 aliphatic carbocycles. The number of carbonyl (C=O) groups is 1. The van der Waals surface area contributed by atoms with Gasteiger partial charge in [0.15, 0.2) is 0 Å². The molecule has 3 heterocycles. The van der Waals surface area contributed by atoms with Crippen molar-refractivity contribution in [1.29, 1.82) is 0 Å². The topological polar surface area (TPSA) is 54.0 Å². The van der Waals surface area contributed by atoms with Crippen LogP contribution in [0.3, 0.4) is 0 Å². The van der Waals surface area contributed by atoms with E-state index in [4.69, 9.17) is 15.9 Å². The van der Waals surface area contributed by atoms with Gasteiger partial charge in [0.05, 0.1) is 0 Å². The van der Waals surface area contributed by atoms with Crippen LogP contribution < -0.4 is 0 Å². The number of fused-ring (bicyclic) bond motifs is 3. The molecule has 0 aromatic carbocycles. The standard InChI is InChI=1S/C7H11AsO5/c1-6(9)10-2-7-3-11-8(12-4-7)13-5-7/h2-5H2,1H3. The number of esters is 1. The molecule has 2 bridgehead atoms. The van der Waals surface area contributed by atoms with E-state index >= 15 is 0 Å². The average Bonchev–Trinajstić information content (AvgIpc) is 2.18. The van der Waals surface area contributed by atoms with Crippen LogP contribution in [0.2, 0.25) is 0 Å². The zero-order valence-electron chi connectivity index (χ0n) is 7.32. The third kappa shape index (κ3) is 2.05. The van der Waals surface area contributed by atoms with Crippen LogP contribution in [0.25, 0.3) is 0 Å². The van der Waals surface area contributed by atoms with Crippen LogP contribution in [0.15, 0.2) is 0 Å². The van der Waals surface area contributed by atoms with Gasteiger partial charge in [-0.25, -0.2) is 0 Å². The molecule has 0 atom stereocenters. The molecule has 0 unspecified atom stereocenters. The Morgan fingerprint density at radius 3 is 2.38 bits per heavy atom. The van der Waals surface area contributed by atoms with Crippen LogP contribution in [0.1, 0.15) is 6.92 Å². The number of rotatable bonds is 2. The van der Waals surface area contributed by atoms with Crippen molar-refractivity contribution in [3.05, 3.63) is 0 Å². The maximum atomic E-state index is 10.6. The van der Waals surface area contributed by atoms with Crippen molar-refractivity contribution in [2.45, 2.75) is 6.92 Å². The molecule has 0 radical (unpaired) electrons. The normalized spacial score (nSPS) is 37.5. The third-order valence-electron chi connectivity index (χ3n) is 2.01. The summed E-state index contributed by atoms with van der Waals surface area (Å²) < 4.78 is 20.9. The molecule has 13 heavy (non-hydrogen) atoms. The number of hydrogen-bond donors (Lipinski definition) is 0. The first-order chi connectivity index (χ1) is 6.20. The van der Waals surface area contributed by atoms with Gasteiger partial charge in [0.1, 0.15) is 0 Å². The molecule has 5 nitrogen and oxygen atoms in total. The van der Waals surface area contributed by atoms with Crippen LogP contribution in [-0.4, -0.2) is 48.1 Å². The van der Waals surface area contributed by atoms with E-state index in [2.05, 4.69) is 0 Å². The Kier molecular flexibility index (Phi) is 2.60. The predicted molar refractivity (Wildman–Crippen MR) is 42.7 cm³/mol. The number of ether oxygens (including phenoxy) is 1. The first kappa shape index (κ1) is 9.46. The zero-order chi connectivity index (χ0) is 9.31. The van der Waals surface area contributed by atoms with E-state index in [0.717, 1.165) is 0 Å². The molecule has 74 valence electrons. The van der Waals surface area contributed by atoms with E-state index in [1.807, 2.05) is 0 Å². The first-order valence-corrected chi connectivity index (χ1v) is 6.32. The van der Waals surface area contributed by atoms with Crippen LogP contribution in [0, 0.1) is 5.41 Å². The Labute approximate surface area is 81.6 Å². The second kappa shape index (κ2) is 3.58. The van der Waals surface area contributed by atoms with Crippen molar-refractivity contribution in [2.24, 2.45) is 5.41 Å². The van der Waals surface area contributed by atoms with Crippen LogP contribution in [0.5, 0.6) is 0 Å². The van der Waals surface area contributed by atoms with E-state index < -0.39 is 15.7 Å². The van der Waals surface area contributed by atoms with E-state index in [9.17, 15) is 4.79 Å². The fourth-order valence-corrected chi connectivity index (χ4v) is 4.04. The Bertz CT molecular complexity index is 197. The van der Waals surface area contributed by atoms with E-state index in [0.29, 0.717) is 26.4 Å². The molecule has 3 aliphatic rings. The predicted octanol–water partition coefficient (Wildman–Crippen LogP) is -0.402. The van der Waals surface area contributed by atoms with Crippen molar-refractivity contribution in [3.63, 3.8) is 0 Å². The number of carbonyl (C=O) groups excluding carboxylic acids is 1. The maximum absolute atomic E-state index is 10.6. The molecule has 0 N–H and O–H groups in total. The molecule has 6 heteroatoms. The van der Waals surface area contributed by atoms with Gasteiger partial charge < -0.3 is 0 Å². The molecule has 3 rings (SSSR count). The van der Waals surface area contributed by atoms with E-state index in [1.54, 1.807) is 0 Å². The summed E-state index contributed by atoms with van der Waals surface area (Å²) in [7, 11) is 0. The molecule has 0 saturated carbocycles. The molecule has 0 aromatic rings. The number of hydrogen-bond acceptors (Lipinski definition) is 5. The van der Waals surface area contributed by atoms with Crippen molar-refractivity contribution in [1.82, 2.24) is 0 Å². The molecule has 3 fully saturated rings. The average molecular weight is 250 g/mol. The summed E-state index contributed by atoms with van der Waals surface area (Å²) in [6, 6.07) is 0. The quantitative estimate of drug-likeness (QED) is 0.493. The summed E-state index contributed by atoms with van der Waals surface area (Å²) in [6.07, 6.45) is 0. The summed E-state index contributed by atoms with van der Waals surface area (Å²) in [5.74, 6) is -0.278.